The topological polar surface area (TPSA) is 91.3 Å². The van der Waals surface area contributed by atoms with E-state index in [0.29, 0.717) is 11.4 Å². The molecule has 1 aromatic carbocycles. The molecule has 21 heavy (non-hydrogen) atoms. The van der Waals surface area contributed by atoms with Crippen molar-refractivity contribution in [3.05, 3.63) is 52.8 Å². The Kier molecular flexibility index (Phi) is 4.39. The summed E-state index contributed by atoms with van der Waals surface area (Å²) >= 11 is 5.90. The van der Waals surface area contributed by atoms with E-state index in [1.54, 1.807) is 18.2 Å². The van der Waals surface area contributed by atoms with E-state index < -0.39 is 5.97 Å². The van der Waals surface area contributed by atoms with Crippen LogP contribution in [0.25, 0.3) is 0 Å². The second-order valence-corrected chi connectivity index (χ2v) is 4.54. The highest BCUT2D eigenvalue weighted by molar-refractivity contribution is 6.33. The van der Waals surface area contributed by atoms with Gasteiger partial charge in [-0.3, -0.25) is 9.78 Å². The Morgan fingerprint density at radius 1 is 1.19 bits per heavy atom. The van der Waals surface area contributed by atoms with Gasteiger partial charge in [0.1, 0.15) is 5.69 Å². The molecular weight excluding hydrogens is 294 g/mol. The summed E-state index contributed by atoms with van der Waals surface area (Å²) in [5, 5.41) is 14.6. The zero-order chi connectivity index (χ0) is 15.4. The van der Waals surface area contributed by atoms with Crippen LogP contribution in [0, 0.1) is 0 Å². The molecule has 108 valence electrons. The summed E-state index contributed by atoms with van der Waals surface area (Å²) in [5.74, 6) is -1.38. The highest BCUT2D eigenvalue weighted by atomic mass is 35.5. The smallest absolute Gasteiger partial charge is 0.337 e. The summed E-state index contributed by atoms with van der Waals surface area (Å²) in [4.78, 5) is 26.3. The molecule has 2 aromatic rings. The van der Waals surface area contributed by atoms with E-state index in [1.807, 2.05) is 0 Å². The number of carbonyl (C=O) groups is 2. The molecule has 0 spiro atoms. The third kappa shape index (κ3) is 3.49. The second-order valence-electron chi connectivity index (χ2n) is 4.13. The maximum absolute atomic E-state index is 11.5. The van der Waals surface area contributed by atoms with Gasteiger partial charge in [0.25, 0.3) is 5.91 Å². The molecule has 7 heteroatoms. The van der Waals surface area contributed by atoms with Gasteiger partial charge < -0.3 is 15.7 Å². The number of carbonyl (C=O) groups excluding carboxylic acids is 1. The number of nitrogens with zero attached hydrogens (tertiary/aromatic N) is 1. The number of carboxylic acids is 1. The van der Waals surface area contributed by atoms with Gasteiger partial charge in [0.15, 0.2) is 0 Å². The van der Waals surface area contributed by atoms with E-state index >= 15 is 0 Å². The third-order valence-corrected chi connectivity index (χ3v) is 3.02. The number of hydrogen-bond donors (Lipinski definition) is 3. The molecule has 0 unspecified atom stereocenters. The van der Waals surface area contributed by atoms with E-state index in [2.05, 4.69) is 15.6 Å². The highest BCUT2D eigenvalue weighted by Gasteiger charge is 2.10. The van der Waals surface area contributed by atoms with Crippen molar-refractivity contribution in [2.45, 2.75) is 0 Å². The number of amides is 1. The number of rotatable bonds is 4. The number of halogens is 1. The molecule has 1 heterocycles. The van der Waals surface area contributed by atoms with Crippen molar-refractivity contribution in [1.82, 2.24) is 10.3 Å². The summed E-state index contributed by atoms with van der Waals surface area (Å²) in [5.41, 5.74) is 1.56. The first kappa shape index (κ1) is 14.8. The van der Waals surface area contributed by atoms with E-state index in [1.165, 1.54) is 25.4 Å². The van der Waals surface area contributed by atoms with Crippen LogP contribution in [0.4, 0.5) is 11.4 Å². The Bertz CT molecular complexity index is 704. The standard InChI is InChI=1S/C14H12ClN3O3/c1-16-13(19)12-7-9(4-5-17-12)18-8-2-3-10(14(20)21)11(15)6-8/h2-7H,1H3,(H,16,19)(H,17,18)(H,20,21). The van der Waals surface area contributed by atoms with Crippen LogP contribution in [0.5, 0.6) is 0 Å². The van der Waals surface area contributed by atoms with E-state index in [4.69, 9.17) is 16.7 Å². The Labute approximate surface area is 125 Å². The summed E-state index contributed by atoms with van der Waals surface area (Å²) < 4.78 is 0. The number of pyridine rings is 1. The van der Waals surface area contributed by atoms with Gasteiger partial charge in [-0.1, -0.05) is 11.6 Å². The zero-order valence-electron chi connectivity index (χ0n) is 11.1. The molecular formula is C14H12ClN3O3. The lowest BCUT2D eigenvalue weighted by molar-refractivity contribution is 0.0697. The van der Waals surface area contributed by atoms with Crippen LogP contribution in [0.3, 0.4) is 0 Å². The third-order valence-electron chi connectivity index (χ3n) is 2.71. The predicted molar refractivity (Wildman–Crippen MR) is 79.3 cm³/mol. The Morgan fingerprint density at radius 3 is 2.52 bits per heavy atom. The molecule has 0 atom stereocenters. The molecule has 1 aromatic heterocycles. The number of hydrogen-bond acceptors (Lipinski definition) is 4. The van der Waals surface area contributed by atoms with Crippen molar-refractivity contribution in [3.8, 4) is 0 Å². The molecule has 1 amide bonds. The largest absolute Gasteiger partial charge is 0.478 e. The molecule has 0 saturated carbocycles. The van der Waals surface area contributed by atoms with Crippen LogP contribution < -0.4 is 10.6 Å². The quantitative estimate of drug-likeness (QED) is 0.807. The predicted octanol–water partition coefficient (Wildman–Crippen LogP) is 2.54. The molecule has 0 aliphatic rings. The summed E-state index contributed by atoms with van der Waals surface area (Å²) in [7, 11) is 1.52. The average Bonchev–Trinajstić information content (AvgIpc) is 2.46. The van der Waals surface area contributed by atoms with E-state index in [9.17, 15) is 9.59 Å². The minimum atomic E-state index is -1.09. The summed E-state index contributed by atoms with van der Waals surface area (Å²) in [6.45, 7) is 0. The van der Waals surface area contributed by atoms with E-state index in [0.717, 1.165) is 0 Å². The number of carboxylic acid groups (broad SMARTS) is 1. The summed E-state index contributed by atoms with van der Waals surface area (Å²) in [6.07, 6.45) is 1.50. The van der Waals surface area contributed by atoms with Crippen molar-refractivity contribution in [1.29, 1.82) is 0 Å². The minimum Gasteiger partial charge on any atom is -0.478 e. The maximum Gasteiger partial charge on any atom is 0.337 e. The number of anilines is 2. The second kappa shape index (κ2) is 6.23. The van der Waals surface area contributed by atoms with Gasteiger partial charge >= 0.3 is 5.97 Å². The molecule has 0 saturated heterocycles. The molecule has 0 fully saturated rings. The monoisotopic (exact) mass is 305 g/mol. The SMILES string of the molecule is CNC(=O)c1cc(Nc2ccc(C(=O)O)c(Cl)c2)ccn1. The van der Waals surface area contributed by atoms with Crippen LogP contribution in [0.15, 0.2) is 36.5 Å². The van der Waals surface area contributed by atoms with Gasteiger partial charge in [-0.05, 0) is 30.3 Å². The fourth-order valence-corrected chi connectivity index (χ4v) is 1.95. The van der Waals surface area contributed by atoms with Gasteiger partial charge in [-0.25, -0.2) is 4.79 Å². The van der Waals surface area contributed by atoms with E-state index in [-0.39, 0.29) is 22.2 Å². The van der Waals surface area contributed by atoms with Gasteiger partial charge in [0, 0.05) is 24.6 Å². The fraction of sp³-hybridized carbons (Fsp3) is 0.0714. The fourth-order valence-electron chi connectivity index (χ4n) is 1.69. The molecule has 0 radical (unpaired) electrons. The molecule has 0 aliphatic heterocycles. The van der Waals surface area contributed by atoms with Crippen LogP contribution in [0.2, 0.25) is 5.02 Å². The van der Waals surface area contributed by atoms with Crippen LogP contribution in [-0.4, -0.2) is 29.0 Å². The molecule has 0 aliphatic carbocycles. The molecule has 3 N–H and O–H groups in total. The Hall–Kier alpha value is -2.60. The Balaban J connectivity index is 2.24. The highest BCUT2D eigenvalue weighted by Crippen LogP contribution is 2.24. The maximum atomic E-state index is 11.5. The first-order chi connectivity index (χ1) is 10.0. The first-order valence-corrected chi connectivity index (χ1v) is 6.37. The molecule has 6 nitrogen and oxygen atoms in total. The molecule has 0 bridgehead atoms. The lowest BCUT2D eigenvalue weighted by Crippen LogP contribution is -2.19. The number of aromatic nitrogens is 1. The van der Waals surface area contributed by atoms with Gasteiger partial charge in [-0.15, -0.1) is 0 Å². The van der Waals surface area contributed by atoms with Crippen LogP contribution in [-0.2, 0) is 0 Å². The van der Waals surface area contributed by atoms with Gasteiger partial charge in [-0.2, -0.15) is 0 Å². The van der Waals surface area contributed by atoms with Crippen molar-refractivity contribution < 1.29 is 14.7 Å². The lowest BCUT2D eigenvalue weighted by Gasteiger charge is -2.09. The van der Waals surface area contributed by atoms with Crippen molar-refractivity contribution >= 4 is 34.9 Å². The van der Waals surface area contributed by atoms with Gasteiger partial charge in [0.05, 0.1) is 10.6 Å². The first-order valence-electron chi connectivity index (χ1n) is 5.99. The molecule has 2 rings (SSSR count). The number of nitrogens with one attached hydrogen (secondary N) is 2. The summed E-state index contributed by atoms with van der Waals surface area (Å²) in [6, 6.07) is 7.78. The van der Waals surface area contributed by atoms with Crippen molar-refractivity contribution in [3.63, 3.8) is 0 Å². The van der Waals surface area contributed by atoms with Gasteiger partial charge in [0.2, 0.25) is 0 Å². The van der Waals surface area contributed by atoms with Crippen LogP contribution in [0.1, 0.15) is 20.8 Å². The lowest BCUT2D eigenvalue weighted by atomic mass is 10.2. The van der Waals surface area contributed by atoms with Crippen LogP contribution >= 0.6 is 11.6 Å². The Morgan fingerprint density at radius 2 is 1.90 bits per heavy atom. The minimum absolute atomic E-state index is 0.0306. The van der Waals surface area contributed by atoms with Crippen molar-refractivity contribution in [2.75, 3.05) is 12.4 Å². The normalized spacial score (nSPS) is 10.0. The zero-order valence-corrected chi connectivity index (χ0v) is 11.8. The van der Waals surface area contributed by atoms with Crippen molar-refractivity contribution in [2.24, 2.45) is 0 Å². The number of aromatic carboxylic acids is 1. The average molecular weight is 306 g/mol. The number of benzene rings is 1.